The first-order chi connectivity index (χ1) is 10.1. The fourth-order valence-corrected chi connectivity index (χ4v) is 2.96. The van der Waals surface area contributed by atoms with E-state index >= 15 is 0 Å². The van der Waals surface area contributed by atoms with Gasteiger partial charge >= 0.3 is 0 Å². The highest BCUT2D eigenvalue weighted by Gasteiger charge is 2.25. The maximum atomic E-state index is 12.1. The molecule has 1 heterocycles. The topological polar surface area (TPSA) is 35.6 Å². The first-order valence-electron chi connectivity index (χ1n) is 7.86. The van der Waals surface area contributed by atoms with E-state index in [1.807, 2.05) is 14.1 Å². The first kappa shape index (κ1) is 16.0. The zero-order chi connectivity index (χ0) is 15.2. The number of nitrogens with one attached hydrogen (secondary N) is 1. The summed E-state index contributed by atoms with van der Waals surface area (Å²) in [4.78, 5) is 16.2. The van der Waals surface area contributed by atoms with Crippen LogP contribution in [0.15, 0.2) is 24.3 Å². The fraction of sp³-hybridized carbons (Fsp3) is 0.588. The van der Waals surface area contributed by atoms with Gasteiger partial charge in [0.1, 0.15) is 0 Å². The Labute approximate surface area is 128 Å². The van der Waals surface area contributed by atoms with E-state index in [9.17, 15) is 4.79 Å². The number of nitrogens with zero attached hydrogens (tertiary/aromatic N) is 2. The largest absolute Gasteiger partial charge is 0.348 e. The number of rotatable bonds is 5. The zero-order valence-electron chi connectivity index (χ0n) is 13.4. The lowest BCUT2D eigenvalue weighted by Crippen LogP contribution is -2.39. The molecule has 1 atom stereocenters. The molecule has 0 saturated carbocycles. The highest BCUT2D eigenvalue weighted by Crippen LogP contribution is 2.29. The quantitative estimate of drug-likeness (QED) is 0.901. The van der Waals surface area contributed by atoms with Crippen molar-refractivity contribution in [1.82, 2.24) is 15.1 Å². The summed E-state index contributed by atoms with van der Waals surface area (Å²) < 4.78 is 0. The van der Waals surface area contributed by atoms with E-state index in [-0.39, 0.29) is 5.91 Å². The molecule has 1 aliphatic heterocycles. The van der Waals surface area contributed by atoms with Gasteiger partial charge in [-0.2, -0.15) is 0 Å². The van der Waals surface area contributed by atoms with Crippen molar-refractivity contribution in [1.29, 1.82) is 0 Å². The maximum absolute atomic E-state index is 12.1. The number of hydrogen-bond acceptors (Lipinski definition) is 3. The van der Waals surface area contributed by atoms with Crippen molar-refractivity contribution in [2.75, 3.05) is 33.7 Å². The Morgan fingerprint density at radius 1 is 1.33 bits per heavy atom. The zero-order valence-corrected chi connectivity index (χ0v) is 13.4. The number of likely N-dealkylation sites (N-methyl/N-ethyl adjacent to an activating group) is 1. The lowest BCUT2D eigenvalue weighted by atomic mass is 9.97. The van der Waals surface area contributed by atoms with Gasteiger partial charge < -0.3 is 10.2 Å². The molecule has 1 aliphatic rings. The number of carbonyl (C=O) groups excluding carboxylic acids is 1. The lowest BCUT2D eigenvalue weighted by molar-refractivity contribution is -0.130. The molecule has 0 fully saturated rings. The van der Waals surface area contributed by atoms with Crippen LogP contribution >= 0.6 is 0 Å². The fourth-order valence-electron chi connectivity index (χ4n) is 2.96. The Balaban J connectivity index is 2.24. The Kier molecular flexibility index (Phi) is 5.76. The van der Waals surface area contributed by atoms with Gasteiger partial charge in [-0.05, 0) is 37.1 Å². The summed E-state index contributed by atoms with van der Waals surface area (Å²) in [7, 11) is 3.66. The van der Waals surface area contributed by atoms with Crippen LogP contribution in [0.4, 0.5) is 0 Å². The first-order valence-corrected chi connectivity index (χ1v) is 7.86. The minimum atomic E-state index is 0.179. The van der Waals surface area contributed by atoms with Crippen LogP contribution in [0, 0.1) is 0 Å². The van der Waals surface area contributed by atoms with Gasteiger partial charge in [0.25, 0.3) is 0 Å². The molecule has 1 aromatic carbocycles. The third-order valence-corrected chi connectivity index (χ3v) is 4.11. The summed E-state index contributed by atoms with van der Waals surface area (Å²) in [5.41, 5.74) is 2.74. The molecule has 1 amide bonds. The Bertz CT molecular complexity index is 473. The molecule has 0 aromatic heterocycles. The summed E-state index contributed by atoms with van der Waals surface area (Å²) >= 11 is 0. The van der Waals surface area contributed by atoms with E-state index in [4.69, 9.17) is 0 Å². The molecule has 0 aliphatic carbocycles. The van der Waals surface area contributed by atoms with Crippen molar-refractivity contribution in [2.24, 2.45) is 0 Å². The van der Waals surface area contributed by atoms with Crippen LogP contribution in [0.25, 0.3) is 0 Å². The van der Waals surface area contributed by atoms with E-state index in [2.05, 4.69) is 41.4 Å². The molecular formula is C17H27N3O. The van der Waals surface area contributed by atoms with Crippen LogP contribution < -0.4 is 5.32 Å². The summed E-state index contributed by atoms with van der Waals surface area (Å²) in [6, 6.07) is 8.95. The summed E-state index contributed by atoms with van der Waals surface area (Å²) in [5.74, 6) is 0.179. The standard InChI is InChI=1S/C17H27N3O/c1-4-11-20(13-17(21)19(2)3)16-9-10-18-12-14-7-5-6-8-15(14)16/h5-8,16,18H,4,9-13H2,1-3H3. The van der Waals surface area contributed by atoms with Gasteiger partial charge in [-0.15, -0.1) is 0 Å². The van der Waals surface area contributed by atoms with Crippen molar-refractivity contribution in [2.45, 2.75) is 32.4 Å². The number of benzene rings is 1. The Hall–Kier alpha value is -1.39. The second-order valence-electron chi connectivity index (χ2n) is 5.94. The molecule has 0 bridgehead atoms. The molecule has 1 unspecified atom stereocenters. The highest BCUT2D eigenvalue weighted by atomic mass is 16.2. The predicted octanol–water partition coefficient (Wildman–Crippen LogP) is 2.02. The van der Waals surface area contributed by atoms with Gasteiger partial charge in [0.15, 0.2) is 0 Å². The van der Waals surface area contributed by atoms with Gasteiger partial charge in [0, 0.05) is 26.7 Å². The van der Waals surface area contributed by atoms with Gasteiger partial charge in [0.05, 0.1) is 6.54 Å². The molecule has 0 spiro atoms. The molecule has 0 saturated heterocycles. The van der Waals surface area contributed by atoms with Gasteiger partial charge in [0.2, 0.25) is 5.91 Å². The molecule has 0 radical (unpaired) electrons. The Morgan fingerprint density at radius 2 is 2.10 bits per heavy atom. The number of hydrogen-bond donors (Lipinski definition) is 1. The second kappa shape index (κ2) is 7.57. The number of amides is 1. The summed E-state index contributed by atoms with van der Waals surface area (Å²) in [6.07, 6.45) is 2.12. The van der Waals surface area contributed by atoms with E-state index in [1.54, 1.807) is 4.90 Å². The van der Waals surface area contributed by atoms with Crippen LogP contribution in [0.5, 0.6) is 0 Å². The third-order valence-electron chi connectivity index (χ3n) is 4.11. The maximum Gasteiger partial charge on any atom is 0.236 e. The van der Waals surface area contributed by atoms with Crippen molar-refractivity contribution in [3.63, 3.8) is 0 Å². The van der Waals surface area contributed by atoms with E-state index in [0.717, 1.165) is 32.5 Å². The van der Waals surface area contributed by atoms with Crippen molar-refractivity contribution >= 4 is 5.91 Å². The minimum Gasteiger partial charge on any atom is -0.348 e. The average molecular weight is 289 g/mol. The van der Waals surface area contributed by atoms with Crippen LogP contribution in [0.2, 0.25) is 0 Å². The molecule has 116 valence electrons. The van der Waals surface area contributed by atoms with E-state index < -0.39 is 0 Å². The van der Waals surface area contributed by atoms with Crippen LogP contribution in [-0.4, -0.2) is 49.4 Å². The predicted molar refractivity (Wildman–Crippen MR) is 86.1 cm³/mol. The summed E-state index contributed by atoms with van der Waals surface area (Å²) in [6.45, 7) is 5.55. The lowest BCUT2D eigenvalue weighted by Gasteiger charge is -2.32. The third kappa shape index (κ3) is 4.05. The van der Waals surface area contributed by atoms with Crippen molar-refractivity contribution in [3.8, 4) is 0 Å². The smallest absolute Gasteiger partial charge is 0.236 e. The monoisotopic (exact) mass is 289 g/mol. The normalized spacial score (nSPS) is 18.2. The molecular weight excluding hydrogens is 262 g/mol. The second-order valence-corrected chi connectivity index (χ2v) is 5.94. The average Bonchev–Trinajstić information content (AvgIpc) is 2.69. The van der Waals surface area contributed by atoms with Crippen LogP contribution in [0.3, 0.4) is 0 Å². The molecule has 2 rings (SSSR count). The number of carbonyl (C=O) groups is 1. The minimum absolute atomic E-state index is 0.179. The van der Waals surface area contributed by atoms with Crippen molar-refractivity contribution in [3.05, 3.63) is 35.4 Å². The molecule has 21 heavy (non-hydrogen) atoms. The van der Waals surface area contributed by atoms with Crippen LogP contribution in [0.1, 0.15) is 36.9 Å². The molecule has 1 aromatic rings. The van der Waals surface area contributed by atoms with Gasteiger partial charge in [-0.25, -0.2) is 0 Å². The molecule has 4 nitrogen and oxygen atoms in total. The van der Waals surface area contributed by atoms with E-state index in [0.29, 0.717) is 12.6 Å². The highest BCUT2D eigenvalue weighted by molar-refractivity contribution is 5.77. The van der Waals surface area contributed by atoms with E-state index in [1.165, 1.54) is 11.1 Å². The SMILES string of the molecule is CCCN(CC(=O)N(C)C)C1CCNCc2ccccc21. The Morgan fingerprint density at radius 3 is 2.81 bits per heavy atom. The van der Waals surface area contributed by atoms with Crippen LogP contribution in [-0.2, 0) is 11.3 Å². The van der Waals surface area contributed by atoms with Gasteiger partial charge in [-0.1, -0.05) is 31.2 Å². The molecule has 1 N–H and O–H groups in total. The number of fused-ring (bicyclic) bond motifs is 1. The van der Waals surface area contributed by atoms with Gasteiger partial charge in [-0.3, -0.25) is 9.69 Å². The van der Waals surface area contributed by atoms with Crippen molar-refractivity contribution < 1.29 is 4.79 Å². The molecule has 4 heteroatoms. The summed E-state index contributed by atoms with van der Waals surface area (Å²) in [5, 5.41) is 3.48.